The van der Waals surface area contributed by atoms with Gasteiger partial charge in [0.2, 0.25) is 0 Å². The standard InChI is InChI=1S/C13H26N2/c1-11(2)10-14-9-7-8-12(3)15-13(4,5)6/h8-9,11,15H,7,10H2,1-6H3. The van der Waals surface area contributed by atoms with Gasteiger partial charge >= 0.3 is 0 Å². The number of hydrogen-bond acceptors (Lipinski definition) is 2. The van der Waals surface area contributed by atoms with Crippen molar-refractivity contribution in [2.75, 3.05) is 6.54 Å². The zero-order valence-corrected chi connectivity index (χ0v) is 11.1. The van der Waals surface area contributed by atoms with Crippen molar-refractivity contribution in [1.82, 2.24) is 5.32 Å². The lowest BCUT2D eigenvalue weighted by Crippen LogP contribution is -2.34. The smallest absolute Gasteiger partial charge is 0.0408 e. The third-order valence-corrected chi connectivity index (χ3v) is 1.70. The van der Waals surface area contributed by atoms with Gasteiger partial charge in [-0.05, 0) is 33.6 Å². The SMILES string of the molecule is CC(=CCC=NCC(C)C)NC(C)(C)C. The van der Waals surface area contributed by atoms with E-state index in [0.29, 0.717) is 5.92 Å². The molecule has 2 nitrogen and oxygen atoms in total. The van der Waals surface area contributed by atoms with Crippen LogP contribution in [0.4, 0.5) is 0 Å². The molecular formula is C13H26N2. The zero-order chi connectivity index (χ0) is 11.9. The second kappa shape index (κ2) is 6.65. The number of hydrogen-bond donors (Lipinski definition) is 1. The Morgan fingerprint density at radius 3 is 2.40 bits per heavy atom. The van der Waals surface area contributed by atoms with Crippen LogP contribution in [-0.4, -0.2) is 18.3 Å². The van der Waals surface area contributed by atoms with E-state index >= 15 is 0 Å². The zero-order valence-electron chi connectivity index (χ0n) is 11.1. The molecule has 0 aromatic rings. The van der Waals surface area contributed by atoms with Gasteiger partial charge < -0.3 is 5.32 Å². The van der Waals surface area contributed by atoms with Crippen LogP contribution in [0.1, 0.15) is 48.0 Å². The molecule has 0 unspecified atom stereocenters. The molecule has 0 amide bonds. The van der Waals surface area contributed by atoms with Crippen molar-refractivity contribution < 1.29 is 0 Å². The lowest BCUT2D eigenvalue weighted by molar-refractivity contribution is 0.473. The molecule has 0 aliphatic rings. The largest absolute Gasteiger partial charge is 0.384 e. The molecule has 0 aliphatic carbocycles. The predicted octanol–water partition coefficient (Wildman–Crippen LogP) is 3.40. The summed E-state index contributed by atoms with van der Waals surface area (Å²) in [5, 5.41) is 3.42. The maximum absolute atomic E-state index is 4.34. The highest BCUT2D eigenvalue weighted by Crippen LogP contribution is 2.03. The van der Waals surface area contributed by atoms with Gasteiger partial charge in [0.25, 0.3) is 0 Å². The minimum absolute atomic E-state index is 0.148. The molecule has 0 saturated carbocycles. The lowest BCUT2D eigenvalue weighted by atomic mass is 10.1. The Bertz CT molecular complexity index is 219. The summed E-state index contributed by atoms with van der Waals surface area (Å²) in [6.07, 6.45) is 5.09. The van der Waals surface area contributed by atoms with Crippen molar-refractivity contribution in [2.24, 2.45) is 10.9 Å². The van der Waals surface area contributed by atoms with Crippen molar-refractivity contribution in [1.29, 1.82) is 0 Å². The number of nitrogens with one attached hydrogen (secondary N) is 1. The maximum atomic E-state index is 4.34. The summed E-state index contributed by atoms with van der Waals surface area (Å²) in [6.45, 7) is 13.9. The quantitative estimate of drug-likeness (QED) is 0.691. The summed E-state index contributed by atoms with van der Waals surface area (Å²) in [7, 11) is 0. The second-order valence-electron chi connectivity index (χ2n) is 5.44. The van der Waals surface area contributed by atoms with Crippen molar-refractivity contribution in [3.8, 4) is 0 Å². The first kappa shape index (κ1) is 14.2. The Hall–Kier alpha value is -0.790. The molecule has 0 bridgehead atoms. The van der Waals surface area contributed by atoms with Gasteiger partial charge in [-0.15, -0.1) is 0 Å². The van der Waals surface area contributed by atoms with Gasteiger partial charge in [-0.25, -0.2) is 0 Å². The van der Waals surface area contributed by atoms with E-state index in [4.69, 9.17) is 0 Å². The number of allylic oxidation sites excluding steroid dienone is 2. The summed E-state index contributed by atoms with van der Waals surface area (Å²) in [5.74, 6) is 0.652. The molecule has 0 rings (SSSR count). The van der Waals surface area contributed by atoms with Gasteiger partial charge in [0.1, 0.15) is 0 Å². The Morgan fingerprint density at radius 1 is 1.33 bits per heavy atom. The highest BCUT2D eigenvalue weighted by atomic mass is 14.9. The lowest BCUT2D eigenvalue weighted by Gasteiger charge is -2.22. The van der Waals surface area contributed by atoms with Gasteiger partial charge in [-0.1, -0.05) is 19.9 Å². The Labute approximate surface area is 94.9 Å². The normalized spacial score (nSPS) is 13.9. The average Bonchev–Trinajstić information content (AvgIpc) is 1.99. The summed E-state index contributed by atoms with van der Waals surface area (Å²) in [4.78, 5) is 4.34. The van der Waals surface area contributed by atoms with Gasteiger partial charge in [0.15, 0.2) is 0 Å². The maximum Gasteiger partial charge on any atom is 0.0408 e. The molecular weight excluding hydrogens is 184 g/mol. The average molecular weight is 210 g/mol. The summed E-state index contributed by atoms with van der Waals surface area (Å²) >= 11 is 0. The minimum Gasteiger partial charge on any atom is -0.384 e. The molecule has 0 radical (unpaired) electrons. The first-order chi connectivity index (χ1) is 6.81. The molecule has 0 saturated heterocycles. The van der Waals surface area contributed by atoms with Gasteiger partial charge in [-0.3, -0.25) is 4.99 Å². The first-order valence-corrected chi connectivity index (χ1v) is 5.74. The topological polar surface area (TPSA) is 24.4 Å². The molecule has 0 atom stereocenters. The van der Waals surface area contributed by atoms with Crippen molar-refractivity contribution in [3.05, 3.63) is 11.8 Å². The highest BCUT2D eigenvalue weighted by molar-refractivity contribution is 5.59. The van der Waals surface area contributed by atoms with Crippen LogP contribution in [0, 0.1) is 5.92 Å². The van der Waals surface area contributed by atoms with Crippen LogP contribution in [0.5, 0.6) is 0 Å². The van der Waals surface area contributed by atoms with E-state index in [9.17, 15) is 0 Å². The van der Waals surface area contributed by atoms with E-state index in [2.05, 4.69) is 57.9 Å². The minimum atomic E-state index is 0.148. The molecule has 0 aromatic carbocycles. The van der Waals surface area contributed by atoms with E-state index in [0.717, 1.165) is 13.0 Å². The Balaban J connectivity index is 3.81. The van der Waals surface area contributed by atoms with Gasteiger partial charge in [0, 0.05) is 30.4 Å². The van der Waals surface area contributed by atoms with Crippen molar-refractivity contribution >= 4 is 6.21 Å². The van der Waals surface area contributed by atoms with Gasteiger partial charge in [0.05, 0.1) is 0 Å². The molecule has 1 N–H and O–H groups in total. The van der Waals surface area contributed by atoms with Crippen LogP contribution in [0.15, 0.2) is 16.8 Å². The first-order valence-electron chi connectivity index (χ1n) is 5.74. The fraction of sp³-hybridized carbons (Fsp3) is 0.769. The molecule has 0 fully saturated rings. The van der Waals surface area contributed by atoms with Crippen LogP contribution < -0.4 is 5.32 Å². The summed E-state index contributed by atoms with van der Waals surface area (Å²) < 4.78 is 0. The van der Waals surface area contributed by atoms with E-state index in [1.54, 1.807) is 0 Å². The fourth-order valence-corrected chi connectivity index (χ4v) is 1.23. The molecule has 0 spiro atoms. The van der Waals surface area contributed by atoms with Crippen LogP contribution in [-0.2, 0) is 0 Å². The Morgan fingerprint density at radius 2 is 1.93 bits per heavy atom. The summed E-state index contributed by atoms with van der Waals surface area (Å²) in [5.41, 5.74) is 1.37. The van der Waals surface area contributed by atoms with Crippen LogP contribution in [0.25, 0.3) is 0 Å². The molecule has 0 aliphatic heterocycles. The summed E-state index contributed by atoms with van der Waals surface area (Å²) in [6, 6.07) is 0. The molecule has 0 heterocycles. The molecule has 0 aromatic heterocycles. The fourth-order valence-electron chi connectivity index (χ4n) is 1.23. The van der Waals surface area contributed by atoms with Crippen molar-refractivity contribution in [2.45, 2.75) is 53.5 Å². The predicted molar refractivity (Wildman–Crippen MR) is 69.5 cm³/mol. The third kappa shape index (κ3) is 11.1. The van der Waals surface area contributed by atoms with E-state index in [1.807, 2.05) is 6.21 Å². The van der Waals surface area contributed by atoms with Crippen LogP contribution in [0.3, 0.4) is 0 Å². The van der Waals surface area contributed by atoms with E-state index < -0.39 is 0 Å². The molecule has 2 heteroatoms. The number of aliphatic imine (C=N–C) groups is 1. The molecule has 15 heavy (non-hydrogen) atoms. The Kier molecular flexibility index (Phi) is 6.30. The van der Waals surface area contributed by atoms with Crippen LogP contribution >= 0.6 is 0 Å². The monoisotopic (exact) mass is 210 g/mol. The second-order valence-corrected chi connectivity index (χ2v) is 5.44. The van der Waals surface area contributed by atoms with Crippen molar-refractivity contribution in [3.63, 3.8) is 0 Å². The van der Waals surface area contributed by atoms with Crippen LogP contribution in [0.2, 0.25) is 0 Å². The van der Waals surface area contributed by atoms with E-state index in [-0.39, 0.29) is 5.54 Å². The van der Waals surface area contributed by atoms with Gasteiger partial charge in [-0.2, -0.15) is 0 Å². The number of nitrogens with zero attached hydrogens (tertiary/aromatic N) is 1. The molecule has 88 valence electrons. The highest BCUT2D eigenvalue weighted by Gasteiger charge is 2.07. The third-order valence-electron chi connectivity index (χ3n) is 1.70. The number of rotatable bonds is 5. The van der Waals surface area contributed by atoms with E-state index in [1.165, 1.54) is 5.70 Å².